The number of aromatic nitrogens is 2. The Balaban J connectivity index is 1.63. The summed E-state index contributed by atoms with van der Waals surface area (Å²) in [5.41, 5.74) is 2.15. The number of para-hydroxylation sites is 1. The van der Waals surface area contributed by atoms with E-state index in [1.54, 1.807) is 13.0 Å². The third-order valence-electron chi connectivity index (χ3n) is 5.22. The molecule has 1 aliphatic heterocycles. The van der Waals surface area contributed by atoms with Crippen molar-refractivity contribution in [2.45, 2.75) is 57.6 Å². The Kier molecular flexibility index (Phi) is 3.94. The number of rotatable bonds is 2. The molecule has 1 spiro atoms. The summed E-state index contributed by atoms with van der Waals surface area (Å²) in [5.74, 6) is 1.37. The van der Waals surface area contributed by atoms with Gasteiger partial charge in [-0.05, 0) is 51.7 Å². The van der Waals surface area contributed by atoms with E-state index >= 15 is 0 Å². The molecular formula is C20H23N3O2. The number of hydrogen-bond acceptors (Lipinski definition) is 4. The number of nitrogens with one attached hydrogen (secondary N) is 1. The van der Waals surface area contributed by atoms with E-state index in [4.69, 9.17) is 4.74 Å². The van der Waals surface area contributed by atoms with Crippen LogP contribution in [0.3, 0.4) is 0 Å². The van der Waals surface area contributed by atoms with Crippen molar-refractivity contribution in [1.29, 1.82) is 0 Å². The Labute approximate surface area is 147 Å². The fourth-order valence-electron chi connectivity index (χ4n) is 4.14. The Hall–Kier alpha value is -2.43. The molecule has 1 N–H and O–H groups in total. The van der Waals surface area contributed by atoms with Crippen LogP contribution in [0, 0.1) is 13.8 Å². The lowest BCUT2D eigenvalue weighted by Crippen LogP contribution is -2.43. The van der Waals surface area contributed by atoms with Gasteiger partial charge in [0.1, 0.15) is 22.9 Å². The van der Waals surface area contributed by atoms with Crippen LogP contribution in [-0.2, 0) is 0 Å². The Morgan fingerprint density at radius 3 is 2.72 bits per heavy atom. The van der Waals surface area contributed by atoms with E-state index in [-0.39, 0.29) is 17.6 Å². The van der Waals surface area contributed by atoms with Crippen molar-refractivity contribution in [3.63, 3.8) is 0 Å². The molecule has 1 aromatic carbocycles. The molecule has 25 heavy (non-hydrogen) atoms. The second-order valence-electron chi connectivity index (χ2n) is 7.20. The molecule has 2 heterocycles. The molecule has 0 unspecified atom stereocenters. The third-order valence-corrected chi connectivity index (χ3v) is 5.22. The van der Waals surface area contributed by atoms with E-state index in [9.17, 15) is 4.79 Å². The molecule has 4 rings (SSSR count). The van der Waals surface area contributed by atoms with Crippen LogP contribution in [0.5, 0.6) is 5.75 Å². The van der Waals surface area contributed by atoms with Gasteiger partial charge in [-0.2, -0.15) is 0 Å². The van der Waals surface area contributed by atoms with Crippen molar-refractivity contribution in [3.8, 4) is 5.75 Å². The SMILES string of the molecule is Cc1cc(C(=O)N[C@H]2CC3(CCCC3)Oc3ccccc32)nc(C)n1. The zero-order valence-electron chi connectivity index (χ0n) is 14.7. The lowest BCUT2D eigenvalue weighted by Gasteiger charge is -2.40. The topological polar surface area (TPSA) is 64.1 Å². The predicted octanol–water partition coefficient (Wildman–Crippen LogP) is 3.66. The molecule has 5 heteroatoms. The molecule has 1 amide bonds. The van der Waals surface area contributed by atoms with Gasteiger partial charge in [0.15, 0.2) is 0 Å². The van der Waals surface area contributed by atoms with Crippen molar-refractivity contribution in [3.05, 3.63) is 53.1 Å². The molecule has 1 fully saturated rings. The number of benzene rings is 1. The van der Waals surface area contributed by atoms with E-state index in [0.717, 1.165) is 36.3 Å². The zero-order valence-corrected chi connectivity index (χ0v) is 14.7. The molecule has 2 aliphatic rings. The number of carbonyl (C=O) groups is 1. The maximum Gasteiger partial charge on any atom is 0.270 e. The van der Waals surface area contributed by atoms with Gasteiger partial charge in [0.2, 0.25) is 0 Å². The lowest BCUT2D eigenvalue weighted by molar-refractivity contribution is 0.0360. The molecule has 1 atom stereocenters. The predicted molar refractivity (Wildman–Crippen MR) is 94.6 cm³/mol. The fourth-order valence-corrected chi connectivity index (χ4v) is 4.14. The first-order chi connectivity index (χ1) is 12.0. The smallest absolute Gasteiger partial charge is 0.270 e. The molecule has 0 bridgehead atoms. The number of aryl methyl sites for hydroxylation is 2. The standard InChI is InChI=1S/C20H23N3O2/c1-13-11-16(22-14(2)21-13)19(24)23-17-12-20(9-5-6-10-20)25-18-8-4-3-7-15(17)18/h3-4,7-8,11,17H,5-6,9-10,12H2,1-2H3,(H,23,24)/t17-/m0/s1. The van der Waals surface area contributed by atoms with E-state index in [0.29, 0.717) is 11.5 Å². The molecule has 1 aliphatic carbocycles. The summed E-state index contributed by atoms with van der Waals surface area (Å²) in [6.45, 7) is 3.68. The maximum absolute atomic E-state index is 12.8. The van der Waals surface area contributed by atoms with Crippen LogP contribution < -0.4 is 10.1 Å². The monoisotopic (exact) mass is 337 g/mol. The molecule has 5 nitrogen and oxygen atoms in total. The number of hydrogen-bond donors (Lipinski definition) is 1. The summed E-state index contributed by atoms with van der Waals surface area (Å²) in [4.78, 5) is 21.3. The summed E-state index contributed by atoms with van der Waals surface area (Å²) in [7, 11) is 0. The molecule has 1 aromatic heterocycles. The van der Waals surface area contributed by atoms with Gasteiger partial charge in [-0.25, -0.2) is 9.97 Å². The van der Waals surface area contributed by atoms with Gasteiger partial charge in [-0.15, -0.1) is 0 Å². The van der Waals surface area contributed by atoms with Gasteiger partial charge in [0.25, 0.3) is 5.91 Å². The normalized spacial score (nSPS) is 20.8. The summed E-state index contributed by atoms with van der Waals surface area (Å²) >= 11 is 0. The number of carbonyl (C=O) groups excluding carboxylic acids is 1. The fraction of sp³-hybridized carbons (Fsp3) is 0.450. The second kappa shape index (κ2) is 6.14. The number of fused-ring (bicyclic) bond motifs is 1. The van der Waals surface area contributed by atoms with Gasteiger partial charge in [-0.1, -0.05) is 18.2 Å². The summed E-state index contributed by atoms with van der Waals surface area (Å²) in [6.07, 6.45) is 5.30. The largest absolute Gasteiger partial charge is 0.487 e. The summed E-state index contributed by atoms with van der Waals surface area (Å²) in [6, 6.07) is 9.71. The van der Waals surface area contributed by atoms with Crippen LogP contribution in [0.2, 0.25) is 0 Å². The maximum atomic E-state index is 12.8. The van der Waals surface area contributed by atoms with E-state index in [1.807, 2.05) is 31.2 Å². The minimum Gasteiger partial charge on any atom is -0.487 e. The first-order valence-electron chi connectivity index (χ1n) is 8.96. The van der Waals surface area contributed by atoms with Crippen molar-refractivity contribution in [2.75, 3.05) is 0 Å². The highest BCUT2D eigenvalue weighted by Crippen LogP contribution is 2.47. The lowest BCUT2D eigenvalue weighted by atomic mass is 9.86. The Morgan fingerprint density at radius 1 is 1.20 bits per heavy atom. The van der Waals surface area contributed by atoms with E-state index < -0.39 is 0 Å². The van der Waals surface area contributed by atoms with Crippen LogP contribution in [0.15, 0.2) is 30.3 Å². The van der Waals surface area contributed by atoms with Crippen molar-refractivity contribution in [2.24, 2.45) is 0 Å². The Bertz CT molecular complexity index is 792. The first kappa shape index (κ1) is 16.1. The summed E-state index contributed by atoms with van der Waals surface area (Å²) < 4.78 is 6.36. The van der Waals surface area contributed by atoms with Crippen molar-refractivity contribution >= 4 is 5.91 Å². The molecule has 0 saturated heterocycles. The van der Waals surface area contributed by atoms with Crippen LogP contribution in [0.4, 0.5) is 0 Å². The summed E-state index contributed by atoms with van der Waals surface area (Å²) in [5, 5.41) is 3.19. The van der Waals surface area contributed by atoms with Crippen LogP contribution in [0.25, 0.3) is 0 Å². The molecular weight excluding hydrogens is 314 g/mol. The average Bonchev–Trinajstić information content (AvgIpc) is 3.01. The van der Waals surface area contributed by atoms with Crippen LogP contribution >= 0.6 is 0 Å². The number of nitrogens with zero attached hydrogens (tertiary/aromatic N) is 2. The number of amides is 1. The van der Waals surface area contributed by atoms with Crippen molar-refractivity contribution in [1.82, 2.24) is 15.3 Å². The highest BCUT2D eigenvalue weighted by atomic mass is 16.5. The van der Waals surface area contributed by atoms with Crippen LogP contribution in [0.1, 0.15) is 65.7 Å². The van der Waals surface area contributed by atoms with Crippen molar-refractivity contribution < 1.29 is 9.53 Å². The van der Waals surface area contributed by atoms with Gasteiger partial charge < -0.3 is 10.1 Å². The quantitative estimate of drug-likeness (QED) is 0.908. The molecule has 2 aromatic rings. The number of ether oxygens (including phenoxy) is 1. The first-order valence-corrected chi connectivity index (χ1v) is 8.96. The zero-order chi connectivity index (χ0) is 17.4. The van der Waals surface area contributed by atoms with Gasteiger partial charge in [0, 0.05) is 17.7 Å². The third kappa shape index (κ3) is 3.11. The minimum atomic E-state index is -0.150. The second-order valence-corrected chi connectivity index (χ2v) is 7.20. The minimum absolute atomic E-state index is 0.0499. The molecule has 0 radical (unpaired) electrons. The van der Waals surface area contributed by atoms with Gasteiger partial charge in [-0.3, -0.25) is 4.79 Å². The Morgan fingerprint density at radius 2 is 1.96 bits per heavy atom. The molecule has 130 valence electrons. The van der Waals surface area contributed by atoms with Gasteiger partial charge >= 0.3 is 0 Å². The van der Waals surface area contributed by atoms with Gasteiger partial charge in [0.05, 0.1) is 6.04 Å². The highest BCUT2D eigenvalue weighted by Gasteiger charge is 2.43. The average molecular weight is 337 g/mol. The van der Waals surface area contributed by atoms with E-state index in [2.05, 4.69) is 15.3 Å². The van der Waals surface area contributed by atoms with E-state index in [1.165, 1.54) is 12.8 Å². The molecule has 1 saturated carbocycles. The highest BCUT2D eigenvalue weighted by molar-refractivity contribution is 5.92. The van der Waals surface area contributed by atoms with Crippen LogP contribution in [-0.4, -0.2) is 21.5 Å².